The fourth-order valence-corrected chi connectivity index (χ4v) is 2.35. The minimum Gasteiger partial charge on any atom is -0.493 e. The normalized spacial score (nSPS) is 10.5. The zero-order valence-corrected chi connectivity index (χ0v) is 14.0. The molecule has 2 aromatic rings. The highest BCUT2D eigenvalue weighted by Crippen LogP contribution is 2.27. The van der Waals surface area contributed by atoms with Gasteiger partial charge in [-0.1, -0.05) is 30.3 Å². The minimum atomic E-state index is 0.639. The second-order valence-corrected chi connectivity index (χ2v) is 5.34. The van der Waals surface area contributed by atoms with E-state index < -0.39 is 0 Å². The van der Waals surface area contributed by atoms with Crippen molar-refractivity contribution in [2.75, 3.05) is 34.0 Å². The molecular weight excluding hydrogens is 290 g/mol. The molecule has 0 radical (unpaired) electrons. The third-order valence-electron chi connectivity index (χ3n) is 3.63. The van der Waals surface area contributed by atoms with Crippen LogP contribution in [0, 0.1) is 0 Å². The zero-order chi connectivity index (χ0) is 16.3. The first-order chi connectivity index (χ1) is 11.3. The second-order valence-electron chi connectivity index (χ2n) is 5.34. The predicted molar refractivity (Wildman–Crippen MR) is 91.0 cm³/mol. The molecule has 23 heavy (non-hydrogen) atoms. The van der Waals surface area contributed by atoms with Crippen LogP contribution in [0.2, 0.25) is 0 Å². The molecule has 0 bridgehead atoms. The van der Waals surface area contributed by atoms with Crippen molar-refractivity contribution in [1.82, 2.24) is 0 Å². The Kier molecular flexibility index (Phi) is 7.43. The number of methoxy groups -OCH3 is 2. The van der Waals surface area contributed by atoms with Crippen LogP contribution in [-0.2, 0) is 17.7 Å². The van der Waals surface area contributed by atoms with E-state index in [1.807, 2.05) is 30.3 Å². The molecular formula is C19H26NO3+. The lowest BCUT2D eigenvalue weighted by Gasteiger charge is -2.12. The second kappa shape index (κ2) is 9.87. The quantitative estimate of drug-likeness (QED) is 0.682. The first-order valence-corrected chi connectivity index (χ1v) is 7.97. The van der Waals surface area contributed by atoms with Crippen LogP contribution in [0.25, 0.3) is 0 Å². The predicted octanol–water partition coefficient (Wildman–Crippen LogP) is 2.03. The van der Waals surface area contributed by atoms with Crippen LogP contribution in [0.3, 0.4) is 0 Å². The molecule has 124 valence electrons. The monoisotopic (exact) mass is 316 g/mol. The maximum absolute atomic E-state index is 5.87. The molecule has 2 aromatic carbocycles. The van der Waals surface area contributed by atoms with Gasteiger partial charge in [0.25, 0.3) is 0 Å². The summed E-state index contributed by atoms with van der Waals surface area (Å²) >= 11 is 0. The molecule has 0 aromatic heterocycles. The molecule has 2 rings (SSSR count). The highest BCUT2D eigenvalue weighted by Gasteiger charge is 2.07. The molecule has 4 heteroatoms. The van der Waals surface area contributed by atoms with Gasteiger partial charge >= 0.3 is 0 Å². The Morgan fingerprint density at radius 2 is 1.70 bits per heavy atom. The topological polar surface area (TPSA) is 44.3 Å². The molecule has 0 heterocycles. The standard InChI is InChI=1S/C19H25NO3/c1-21-13-11-20-15-17-8-9-18(19(14-17)22-2)23-12-10-16-6-4-3-5-7-16/h3-9,14,20H,10-13,15H2,1-2H3/p+1. The number of hydrogen-bond acceptors (Lipinski definition) is 3. The van der Waals surface area contributed by atoms with Crippen molar-refractivity contribution >= 4 is 0 Å². The third-order valence-corrected chi connectivity index (χ3v) is 3.63. The van der Waals surface area contributed by atoms with E-state index in [1.165, 1.54) is 11.1 Å². The SMILES string of the molecule is COCC[NH2+]Cc1ccc(OCCc2ccccc2)c(OC)c1. The summed E-state index contributed by atoms with van der Waals surface area (Å²) in [5, 5.41) is 2.22. The summed E-state index contributed by atoms with van der Waals surface area (Å²) in [6, 6.07) is 16.5. The van der Waals surface area contributed by atoms with Gasteiger partial charge in [0.05, 0.1) is 26.9 Å². The van der Waals surface area contributed by atoms with Gasteiger partial charge in [0.15, 0.2) is 11.5 Å². The lowest BCUT2D eigenvalue weighted by molar-refractivity contribution is -0.671. The molecule has 0 saturated heterocycles. The van der Waals surface area contributed by atoms with E-state index in [2.05, 4.69) is 23.5 Å². The van der Waals surface area contributed by atoms with Crippen molar-refractivity contribution in [2.45, 2.75) is 13.0 Å². The molecule has 4 nitrogen and oxygen atoms in total. The number of ether oxygens (including phenoxy) is 3. The maximum atomic E-state index is 5.87. The largest absolute Gasteiger partial charge is 0.493 e. The molecule has 0 unspecified atom stereocenters. The van der Waals surface area contributed by atoms with Crippen LogP contribution in [-0.4, -0.2) is 34.0 Å². The van der Waals surface area contributed by atoms with E-state index in [-0.39, 0.29) is 0 Å². The summed E-state index contributed by atoms with van der Waals surface area (Å²) in [6.07, 6.45) is 0.885. The Morgan fingerprint density at radius 1 is 0.870 bits per heavy atom. The van der Waals surface area contributed by atoms with E-state index >= 15 is 0 Å². The van der Waals surface area contributed by atoms with Crippen LogP contribution in [0.15, 0.2) is 48.5 Å². The van der Waals surface area contributed by atoms with Crippen LogP contribution >= 0.6 is 0 Å². The third kappa shape index (κ3) is 5.93. The number of nitrogens with two attached hydrogens (primary N) is 1. The first kappa shape index (κ1) is 17.3. The number of benzene rings is 2. The summed E-state index contributed by atoms with van der Waals surface area (Å²) in [5.41, 5.74) is 2.49. The van der Waals surface area contributed by atoms with Crippen molar-refractivity contribution < 1.29 is 19.5 Å². The van der Waals surface area contributed by atoms with E-state index in [9.17, 15) is 0 Å². The van der Waals surface area contributed by atoms with Gasteiger partial charge in [0.1, 0.15) is 6.54 Å². The molecule has 0 aliphatic heterocycles. The average Bonchev–Trinajstić information content (AvgIpc) is 2.60. The maximum Gasteiger partial charge on any atom is 0.161 e. The van der Waals surface area contributed by atoms with Crippen LogP contribution in [0.1, 0.15) is 11.1 Å². The van der Waals surface area contributed by atoms with Gasteiger partial charge in [-0.3, -0.25) is 0 Å². The van der Waals surface area contributed by atoms with Crippen LogP contribution in [0.4, 0.5) is 0 Å². The molecule has 0 atom stereocenters. The highest BCUT2D eigenvalue weighted by molar-refractivity contribution is 5.42. The van der Waals surface area contributed by atoms with E-state index in [1.54, 1.807) is 14.2 Å². The summed E-state index contributed by atoms with van der Waals surface area (Å²) in [4.78, 5) is 0. The van der Waals surface area contributed by atoms with Crippen molar-refractivity contribution in [3.63, 3.8) is 0 Å². The van der Waals surface area contributed by atoms with Gasteiger partial charge in [-0.15, -0.1) is 0 Å². The van der Waals surface area contributed by atoms with Gasteiger partial charge in [-0.05, 0) is 23.8 Å². The number of rotatable bonds is 10. The number of hydrogen-bond donors (Lipinski definition) is 1. The van der Waals surface area contributed by atoms with Crippen molar-refractivity contribution in [3.8, 4) is 11.5 Å². The van der Waals surface area contributed by atoms with Crippen LogP contribution in [0.5, 0.6) is 11.5 Å². The average molecular weight is 316 g/mol. The molecule has 0 spiro atoms. The van der Waals surface area contributed by atoms with Crippen molar-refractivity contribution in [1.29, 1.82) is 0 Å². The van der Waals surface area contributed by atoms with Gasteiger partial charge in [-0.2, -0.15) is 0 Å². The Bertz CT molecular complexity index is 572. The number of quaternary nitrogens is 1. The zero-order valence-electron chi connectivity index (χ0n) is 14.0. The molecule has 0 saturated carbocycles. The summed E-state index contributed by atoms with van der Waals surface area (Å²) in [7, 11) is 3.40. The van der Waals surface area contributed by atoms with E-state index in [0.717, 1.165) is 37.6 Å². The smallest absolute Gasteiger partial charge is 0.161 e. The molecule has 0 aliphatic rings. The van der Waals surface area contributed by atoms with E-state index in [4.69, 9.17) is 14.2 Å². The molecule has 0 fully saturated rings. The van der Waals surface area contributed by atoms with E-state index in [0.29, 0.717) is 6.61 Å². The van der Waals surface area contributed by atoms with Gasteiger partial charge < -0.3 is 19.5 Å². The molecule has 0 aliphatic carbocycles. The fraction of sp³-hybridized carbons (Fsp3) is 0.368. The lowest BCUT2D eigenvalue weighted by Crippen LogP contribution is -2.83. The van der Waals surface area contributed by atoms with Crippen LogP contribution < -0.4 is 14.8 Å². The van der Waals surface area contributed by atoms with Gasteiger partial charge in [-0.25, -0.2) is 0 Å². The molecule has 2 N–H and O–H groups in total. The van der Waals surface area contributed by atoms with Crippen molar-refractivity contribution in [2.24, 2.45) is 0 Å². The first-order valence-electron chi connectivity index (χ1n) is 7.97. The highest BCUT2D eigenvalue weighted by atomic mass is 16.5. The van der Waals surface area contributed by atoms with Crippen molar-refractivity contribution in [3.05, 3.63) is 59.7 Å². The Labute approximate surface area is 138 Å². The lowest BCUT2D eigenvalue weighted by atomic mass is 10.1. The summed E-state index contributed by atoms with van der Waals surface area (Å²) in [6.45, 7) is 3.26. The summed E-state index contributed by atoms with van der Waals surface area (Å²) < 4.78 is 16.4. The van der Waals surface area contributed by atoms with Gasteiger partial charge in [0.2, 0.25) is 0 Å². The molecule has 0 amide bonds. The fourth-order valence-electron chi connectivity index (χ4n) is 2.35. The summed E-state index contributed by atoms with van der Waals surface area (Å²) in [5.74, 6) is 1.58. The Hall–Kier alpha value is -2.04. The van der Waals surface area contributed by atoms with Gasteiger partial charge in [0, 0.05) is 19.1 Å². The Balaban J connectivity index is 1.86. The Morgan fingerprint density at radius 3 is 2.43 bits per heavy atom. The minimum absolute atomic E-state index is 0.639.